The third-order valence-electron chi connectivity index (χ3n) is 4.38. The van der Waals surface area contributed by atoms with E-state index in [0.717, 1.165) is 43.3 Å². The van der Waals surface area contributed by atoms with Crippen molar-refractivity contribution in [2.24, 2.45) is 0 Å². The first kappa shape index (κ1) is 16.2. The van der Waals surface area contributed by atoms with Crippen LogP contribution in [0.5, 0.6) is 0 Å². The van der Waals surface area contributed by atoms with Gasteiger partial charge in [-0.25, -0.2) is 9.97 Å². The van der Waals surface area contributed by atoms with Crippen molar-refractivity contribution in [1.29, 1.82) is 0 Å². The molecule has 2 aromatic rings. The highest BCUT2D eigenvalue weighted by Crippen LogP contribution is 2.29. The van der Waals surface area contributed by atoms with Gasteiger partial charge in [0.1, 0.15) is 11.6 Å². The SMILES string of the molecule is C=CC(=O)N1CCC(c2ccnc(Nc3cccc(C)n3)c2)CC1. The molecule has 1 amide bonds. The highest BCUT2D eigenvalue weighted by Gasteiger charge is 2.22. The van der Waals surface area contributed by atoms with Gasteiger partial charge in [0.15, 0.2) is 0 Å². The molecular formula is C19H22N4O. The van der Waals surface area contributed by atoms with E-state index in [0.29, 0.717) is 5.92 Å². The Morgan fingerprint density at radius 3 is 2.79 bits per heavy atom. The van der Waals surface area contributed by atoms with E-state index < -0.39 is 0 Å². The Morgan fingerprint density at radius 1 is 1.29 bits per heavy atom. The van der Waals surface area contributed by atoms with Crippen molar-refractivity contribution in [2.45, 2.75) is 25.7 Å². The van der Waals surface area contributed by atoms with Crippen molar-refractivity contribution < 1.29 is 4.79 Å². The summed E-state index contributed by atoms with van der Waals surface area (Å²) < 4.78 is 0. The first-order valence-electron chi connectivity index (χ1n) is 8.23. The first-order chi connectivity index (χ1) is 11.7. The van der Waals surface area contributed by atoms with Gasteiger partial charge in [-0.2, -0.15) is 0 Å². The number of hydrogen-bond donors (Lipinski definition) is 1. The molecule has 0 unspecified atom stereocenters. The Balaban J connectivity index is 1.68. The van der Waals surface area contributed by atoms with Crippen LogP contribution >= 0.6 is 0 Å². The molecule has 124 valence electrons. The van der Waals surface area contributed by atoms with Crippen LogP contribution in [0.25, 0.3) is 0 Å². The summed E-state index contributed by atoms with van der Waals surface area (Å²) in [5.41, 5.74) is 2.22. The standard InChI is InChI=1S/C19H22N4O/c1-3-19(24)23-11-8-15(9-12-23)16-7-10-20-18(13-16)22-17-6-4-5-14(2)21-17/h3-7,10,13,15H,1,8-9,11-12H2,2H3,(H,20,21,22). The molecule has 1 aliphatic rings. The number of hydrogen-bond acceptors (Lipinski definition) is 4. The van der Waals surface area contributed by atoms with Crippen LogP contribution in [0, 0.1) is 6.92 Å². The highest BCUT2D eigenvalue weighted by atomic mass is 16.2. The maximum Gasteiger partial charge on any atom is 0.245 e. The fourth-order valence-corrected chi connectivity index (χ4v) is 3.08. The van der Waals surface area contributed by atoms with Crippen molar-refractivity contribution in [3.05, 3.63) is 60.4 Å². The van der Waals surface area contributed by atoms with Crippen LogP contribution in [-0.2, 0) is 4.79 Å². The molecule has 5 heteroatoms. The number of nitrogens with one attached hydrogen (secondary N) is 1. The molecule has 0 bridgehead atoms. The van der Waals surface area contributed by atoms with Crippen LogP contribution in [0.15, 0.2) is 49.2 Å². The van der Waals surface area contributed by atoms with Gasteiger partial charge in [0.2, 0.25) is 5.91 Å². The fraction of sp³-hybridized carbons (Fsp3) is 0.316. The van der Waals surface area contributed by atoms with Crippen molar-refractivity contribution in [3.8, 4) is 0 Å². The number of piperidine rings is 1. The molecule has 1 saturated heterocycles. The minimum absolute atomic E-state index is 0.0241. The van der Waals surface area contributed by atoms with Gasteiger partial charge in [-0.3, -0.25) is 4.79 Å². The number of pyridine rings is 2. The quantitative estimate of drug-likeness (QED) is 0.876. The lowest BCUT2D eigenvalue weighted by atomic mass is 9.90. The molecule has 0 aromatic carbocycles. The summed E-state index contributed by atoms with van der Waals surface area (Å²) in [6.45, 7) is 7.08. The zero-order valence-electron chi connectivity index (χ0n) is 13.9. The number of aryl methyl sites for hydroxylation is 1. The zero-order chi connectivity index (χ0) is 16.9. The lowest BCUT2D eigenvalue weighted by molar-refractivity contribution is -0.127. The van der Waals surface area contributed by atoms with Crippen molar-refractivity contribution in [3.63, 3.8) is 0 Å². The Morgan fingerprint density at radius 2 is 2.08 bits per heavy atom. The summed E-state index contributed by atoms with van der Waals surface area (Å²) in [4.78, 5) is 22.4. The number of carbonyl (C=O) groups excluding carboxylic acids is 1. The second-order valence-electron chi connectivity index (χ2n) is 6.07. The average molecular weight is 322 g/mol. The van der Waals surface area contributed by atoms with Crippen LogP contribution in [0.2, 0.25) is 0 Å². The van der Waals surface area contributed by atoms with Crippen molar-refractivity contribution in [1.82, 2.24) is 14.9 Å². The topological polar surface area (TPSA) is 58.1 Å². The van der Waals surface area contributed by atoms with Crippen molar-refractivity contribution >= 4 is 17.5 Å². The molecule has 0 radical (unpaired) electrons. The van der Waals surface area contributed by atoms with Crippen molar-refractivity contribution in [2.75, 3.05) is 18.4 Å². The number of likely N-dealkylation sites (tertiary alicyclic amines) is 1. The van der Waals surface area contributed by atoms with Gasteiger partial charge in [0.05, 0.1) is 0 Å². The van der Waals surface area contributed by atoms with Crippen LogP contribution in [0.3, 0.4) is 0 Å². The maximum absolute atomic E-state index is 11.7. The Hall–Kier alpha value is -2.69. The molecule has 1 aliphatic heterocycles. The Kier molecular flexibility index (Phi) is 4.89. The number of carbonyl (C=O) groups is 1. The minimum Gasteiger partial charge on any atom is -0.339 e. The number of nitrogens with zero attached hydrogens (tertiary/aromatic N) is 3. The second-order valence-corrected chi connectivity index (χ2v) is 6.07. The molecule has 1 fully saturated rings. The van der Waals surface area contributed by atoms with Crippen LogP contribution in [0.4, 0.5) is 11.6 Å². The van der Waals surface area contributed by atoms with Gasteiger partial charge in [-0.1, -0.05) is 12.6 Å². The smallest absolute Gasteiger partial charge is 0.245 e. The zero-order valence-corrected chi connectivity index (χ0v) is 13.9. The molecule has 0 atom stereocenters. The van der Waals surface area contributed by atoms with Crippen LogP contribution < -0.4 is 5.32 Å². The largest absolute Gasteiger partial charge is 0.339 e. The summed E-state index contributed by atoms with van der Waals surface area (Å²) in [7, 11) is 0. The Labute approximate surface area is 142 Å². The molecule has 5 nitrogen and oxygen atoms in total. The molecule has 0 saturated carbocycles. The minimum atomic E-state index is 0.0241. The van der Waals surface area contributed by atoms with Gasteiger partial charge < -0.3 is 10.2 Å². The van der Waals surface area contributed by atoms with E-state index in [2.05, 4.69) is 34.0 Å². The fourth-order valence-electron chi connectivity index (χ4n) is 3.08. The number of rotatable bonds is 4. The van der Waals surface area contributed by atoms with Gasteiger partial charge in [-0.05, 0) is 61.6 Å². The van der Waals surface area contributed by atoms with Gasteiger partial charge >= 0.3 is 0 Å². The lowest BCUT2D eigenvalue weighted by Crippen LogP contribution is -2.36. The molecular weight excluding hydrogens is 300 g/mol. The normalized spacial score (nSPS) is 15.1. The van der Waals surface area contributed by atoms with E-state index in [1.165, 1.54) is 11.6 Å². The predicted octanol–water partition coefficient (Wildman–Crippen LogP) is 3.42. The average Bonchev–Trinajstić information content (AvgIpc) is 2.61. The molecule has 0 aliphatic carbocycles. The summed E-state index contributed by atoms with van der Waals surface area (Å²) in [5.74, 6) is 2.07. The lowest BCUT2D eigenvalue weighted by Gasteiger charge is -2.31. The van der Waals surface area contributed by atoms with E-state index in [9.17, 15) is 4.79 Å². The number of anilines is 2. The second kappa shape index (κ2) is 7.25. The van der Waals surface area contributed by atoms with Gasteiger partial charge in [0, 0.05) is 25.0 Å². The van der Waals surface area contributed by atoms with Gasteiger partial charge in [-0.15, -0.1) is 0 Å². The number of amides is 1. The van der Waals surface area contributed by atoms with E-state index in [1.54, 1.807) is 0 Å². The predicted molar refractivity (Wildman–Crippen MR) is 95.2 cm³/mol. The van der Waals surface area contributed by atoms with E-state index in [4.69, 9.17) is 0 Å². The molecule has 3 heterocycles. The summed E-state index contributed by atoms with van der Waals surface area (Å²) >= 11 is 0. The highest BCUT2D eigenvalue weighted by molar-refractivity contribution is 5.87. The summed E-state index contributed by atoms with van der Waals surface area (Å²) in [5, 5.41) is 3.26. The van der Waals surface area contributed by atoms with E-state index >= 15 is 0 Å². The van der Waals surface area contributed by atoms with Crippen LogP contribution in [0.1, 0.15) is 30.0 Å². The molecule has 2 aromatic heterocycles. The van der Waals surface area contributed by atoms with Gasteiger partial charge in [0.25, 0.3) is 0 Å². The summed E-state index contributed by atoms with van der Waals surface area (Å²) in [6.07, 6.45) is 5.15. The maximum atomic E-state index is 11.7. The number of aromatic nitrogens is 2. The monoisotopic (exact) mass is 322 g/mol. The van der Waals surface area contributed by atoms with E-state index in [1.807, 2.05) is 36.2 Å². The Bertz CT molecular complexity index is 736. The van der Waals surface area contributed by atoms with E-state index in [-0.39, 0.29) is 5.91 Å². The molecule has 3 rings (SSSR count). The summed E-state index contributed by atoms with van der Waals surface area (Å²) in [6, 6.07) is 10.0. The molecule has 24 heavy (non-hydrogen) atoms. The first-order valence-corrected chi connectivity index (χ1v) is 8.23. The third kappa shape index (κ3) is 3.79. The molecule has 1 N–H and O–H groups in total. The van der Waals surface area contributed by atoms with Crippen LogP contribution in [-0.4, -0.2) is 33.9 Å². The molecule has 0 spiro atoms. The third-order valence-corrected chi connectivity index (χ3v) is 4.38.